The van der Waals surface area contributed by atoms with Crippen molar-refractivity contribution in [3.63, 3.8) is 0 Å². The lowest BCUT2D eigenvalue weighted by Gasteiger charge is -2.20. The maximum atomic E-state index is 13.9. The monoisotopic (exact) mass is 452 g/mol. The van der Waals surface area contributed by atoms with Gasteiger partial charge >= 0.3 is 0 Å². The minimum atomic E-state index is -3.68. The molecule has 0 bridgehead atoms. The van der Waals surface area contributed by atoms with Gasteiger partial charge in [-0.25, -0.2) is 17.5 Å². The van der Waals surface area contributed by atoms with E-state index in [1.807, 2.05) is 0 Å². The second-order valence-electron chi connectivity index (χ2n) is 8.28. The van der Waals surface area contributed by atoms with Crippen LogP contribution in [0.5, 0.6) is 5.75 Å². The number of allylic oxidation sites excluding steroid dienone is 1. The molecular weight excluding hydrogens is 423 g/mol. The van der Waals surface area contributed by atoms with Crippen molar-refractivity contribution >= 4 is 21.8 Å². The SMILES string of the molecule is CC(NS(=O)(=O)/C=C/CCCC1CCC(=O)NC1=O)c1ccc(F)c(OCC2CC2)c1. The Morgan fingerprint density at radius 3 is 2.77 bits per heavy atom. The van der Waals surface area contributed by atoms with Crippen LogP contribution in [0, 0.1) is 17.7 Å². The molecule has 1 saturated carbocycles. The number of amides is 2. The number of ether oxygens (including phenoxy) is 1. The second kappa shape index (κ2) is 10.4. The van der Waals surface area contributed by atoms with Gasteiger partial charge in [-0.1, -0.05) is 12.1 Å². The number of hydrogen-bond acceptors (Lipinski definition) is 5. The Morgan fingerprint density at radius 2 is 2.06 bits per heavy atom. The third kappa shape index (κ3) is 7.43. The smallest absolute Gasteiger partial charge is 0.233 e. The average molecular weight is 453 g/mol. The molecule has 1 aliphatic carbocycles. The van der Waals surface area contributed by atoms with E-state index >= 15 is 0 Å². The minimum Gasteiger partial charge on any atom is -0.490 e. The van der Waals surface area contributed by atoms with Gasteiger partial charge in [0.2, 0.25) is 21.8 Å². The van der Waals surface area contributed by atoms with Crippen LogP contribution in [0.15, 0.2) is 29.7 Å². The predicted molar refractivity (Wildman–Crippen MR) is 114 cm³/mol. The van der Waals surface area contributed by atoms with E-state index in [4.69, 9.17) is 4.74 Å². The molecule has 1 aromatic carbocycles. The fraction of sp³-hybridized carbons (Fsp3) is 0.545. The van der Waals surface area contributed by atoms with Crippen molar-refractivity contribution in [1.29, 1.82) is 0 Å². The van der Waals surface area contributed by atoms with Gasteiger partial charge in [-0.05, 0) is 69.1 Å². The predicted octanol–water partition coefficient (Wildman–Crippen LogP) is 3.33. The Morgan fingerprint density at radius 1 is 1.29 bits per heavy atom. The van der Waals surface area contributed by atoms with Gasteiger partial charge in [-0.15, -0.1) is 0 Å². The van der Waals surface area contributed by atoms with Gasteiger partial charge in [-0.3, -0.25) is 14.9 Å². The Labute approximate surface area is 182 Å². The number of sulfonamides is 1. The normalized spacial score (nSPS) is 20.6. The summed E-state index contributed by atoms with van der Waals surface area (Å²) >= 11 is 0. The first-order valence-corrected chi connectivity index (χ1v) is 12.2. The third-order valence-corrected chi connectivity index (χ3v) is 6.75. The van der Waals surface area contributed by atoms with Crippen molar-refractivity contribution in [2.24, 2.45) is 11.8 Å². The molecule has 9 heteroatoms. The van der Waals surface area contributed by atoms with Gasteiger partial charge in [0.15, 0.2) is 11.6 Å². The Hall–Kier alpha value is -2.26. The number of nitrogens with one attached hydrogen (secondary N) is 2. The van der Waals surface area contributed by atoms with Gasteiger partial charge < -0.3 is 4.74 Å². The Balaban J connectivity index is 1.46. The van der Waals surface area contributed by atoms with E-state index in [1.54, 1.807) is 13.0 Å². The summed E-state index contributed by atoms with van der Waals surface area (Å²) in [5.74, 6) is -0.525. The number of benzene rings is 1. The molecule has 2 fully saturated rings. The zero-order valence-electron chi connectivity index (χ0n) is 17.6. The number of carbonyl (C=O) groups excluding carboxylic acids is 2. The van der Waals surface area contributed by atoms with E-state index in [-0.39, 0.29) is 23.5 Å². The minimum absolute atomic E-state index is 0.138. The van der Waals surface area contributed by atoms with E-state index in [1.165, 1.54) is 18.2 Å². The zero-order chi connectivity index (χ0) is 22.4. The molecule has 31 heavy (non-hydrogen) atoms. The summed E-state index contributed by atoms with van der Waals surface area (Å²) < 4.78 is 46.7. The Kier molecular flexibility index (Phi) is 7.83. The van der Waals surface area contributed by atoms with Crippen molar-refractivity contribution in [3.05, 3.63) is 41.1 Å². The van der Waals surface area contributed by atoms with E-state index in [2.05, 4.69) is 10.0 Å². The highest BCUT2D eigenvalue weighted by Gasteiger charge is 2.26. The molecule has 0 radical (unpaired) electrons. The topological polar surface area (TPSA) is 102 Å². The van der Waals surface area contributed by atoms with Gasteiger partial charge in [0.25, 0.3) is 0 Å². The summed E-state index contributed by atoms with van der Waals surface area (Å²) in [4.78, 5) is 22.9. The van der Waals surface area contributed by atoms with Crippen LogP contribution in [-0.2, 0) is 19.6 Å². The zero-order valence-corrected chi connectivity index (χ0v) is 18.4. The molecular formula is C22H29FN2O5S. The summed E-state index contributed by atoms with van der Waals surface area (Å²) in [5.41, 5.74) is 0.613. The number of piperidine rings is 1. The maximum Gasteiger partial charge on any atom is 0.233 e. The van der Waals surface area contributed by atoms with Crippen molar-refractivity contribution in [3.8, 4) is 5.75 Å². The van der Waals surface area contributed by atoms with E-state index in [0.29, 0.717) is 50.2 Å². The number of rotatable bonds is 11. The van der Waals surface area contributed by atoms with Crippen LogP contribution in [0.1, 0.15) is 63.5 Å². The van der Waals surface area contributed by atoms with E-state index in [9.17, 15) is 22.4 Å². The first-order valence-electron chi connectivity index (χ1n) is 10.7. The molecule has 2 N–H and O–H groups in total. The summed E-state index contributed by atoms with van der Waals surface area (Å²) in [5, 5.41) is 3.43. The fourth-order valence-electron chi connectivity index (χ4n) is 3.44. The van der Waals surface area contributed by atoms with Crippen molar-refractivity contribution in [2.45, 2.75) is 57.9 Å². The van der Waals surface area contributed by atoms with E-state index < -0.39 is 21.9 Å². The summed E-state index contributed by atoms with van der Waals surface area (Å²) in [6.07, 6.45) is 6.38. The number of imide groups is 1. The number of hydrogen-bond donors (Lipinski definition) is 2. The average Bonchev–Trinajstić information content (AvgIpc) is 3.52. The molecule has 1 aromatic rings. The molecule has 2 aliphatic rings. The standard InChI is InChI=1S/C22H29FN2O5S/c1-15(18-8-10-19(23)20(13-18)30-14-16-6-7-16)25-31(28,29)12-4-2-3-5-17-9-11-21(26)24-22(17)27/h4,8,10,12-13,15-17,25H,2-3,5-7,9,11,14H2,1H3,(H,24,26,27)/b12-4+. The van der Waals surface area contributed by atoms with Crippen LogP contribution >= 0.6 is 0 Å². The number of halogens is 1. The van der Waals surface area contributed by atoms with Crippen LogP contribution in [0.3, 0.4) is 0 Å². The molecule has 7 nitrogen and oxygen atoms in total. The van der Waals surface area contributed by atoms with Crippen LogP contribution < -0.4 is 14.8 Å². The van der Waals surface area contributed by atoms with Gasteiger partial charge in [-0.2, -0.15) is 0 Å². The third-order valence-electron chi connectivity index (χ3n) is 5.52. The number of unbranched alkanes of at least 4 members (excludes halogenated alkanes) is 1. The quantitative estimate of drug-likeness (QED) is 0.396. The molecule has 2 atom stereocenters. The lowest BCUT2D eigenvalue weighted by atomic mass is 9.93. The lowest BCUT2D eigenvalue weighted by Crippen LogP contribution is -2.40. The molecule has 2 amide bonds. The molecule has 170 valence electrons. The molecule has 0 spiro atoms. The lowest BCUT2D eigenvalue weighted by molar-refractivity contribution is -0.136. The molecule has 2 unspecified atom stereocenters. The summed E-state index contributed by atoms with van der Waals surface area (Å²) in [6, 6.07) is 3.81. The van der Waals surface area contributed by atoms with Crippen molar-refractivity contribution in [1.82, 2.24) is 10.0 Å². The highest BCUT2D eigenvalue weighted by atomic mass is 32.2. The molecule has 3 rings (SSSR count). The Bertz CT molecular complexity index is 943. The largest absolute Gasteiger partial charge is 0.490 e. The fourth-order valence-corrected chi connectivity index (χ4v) is 4.53. The van der Waals surface area contributed by atoms with Gasteiger partial charge in [0.1, 0.15) is 0 Å². The van der Waals surface area contributed by atoms with Crippen LogP contribution in [0.2, 0.25) is 0 Å². The first-order chi connectivity index (χ1) is 14.7. The highest BCUT2D eigenvalue weighted by Crippen LogP contribution is 2.31. The summed E-state index contributed by atoms with van der Waals surface area (Å²) in [7, 11) is -3.68. The first kappa shape index (κ1) is 23.4. The van der Waals surface area contributed by atoms with Gasteiger partial charge in [0.05, 0.1) is 6.61 Å². The van der Waals surface area contributed by atoms with Crippen LogP contribution in [0.4, 0.5) is 4.39 Å². The molecule has 0 aromatic heterocycles. The van der Waals surface area contributed by atoms with Crippen LogP contribution in [0.25, 0.3) is 0 Å². The summed E-state index contributed by atoms with van der Waals surface area (Å²) in [6.45, 7) is 2.16. The second-order valence-corrected chi connectivity index (χ2v) is 9.88. The van der Waals surface area contributed by atoms with Crippen LogP contribution in [-0.4, -0.2) is 26.8 Å². The molecule has 1 heterocycles. The number of carbonyl (C=O) groups is 2. The maximum absolute atomic E-state index is 13.9. The van der Waals surface area contributed by atoms with E-state index in [0.717, 1.165) is 18.2 Å². The molecule has 1 aliphatic heterocycles. The highest BCUT2D eigenvalue weighted by molar-refractivity contribution is 7.92. The van der Waals surface area contributed by atoms with Gasteiger partial charge in [0, 0.05) is 23.8 Å². The molecule has 1 saturated heterocycles. The van der Waals surface area contributed by atoms with Crippen molar-refractivity contribution in [2.75, 3.05) is 6.61 Å². The van der Waals surface area contributed by atoms with Crippen molar-refractivity contribution < 1.29 is 27.1 Å².